The molecule has 2 aromatic rings. The van der Waals surface area contributed by atoms with Gasteiger partial charge in [0.25, 0.3) is 0 Å². The predicted molar refractivity (Wildman–Crippen MR) is 82.3 cm³/mol. The predicted octanol–water partition coefficient (Wildman–Crippen LogP) is 2.69. The Kier molecular flexibility index (Phi) is 5.68. The zero-order valence-electron chi connectivity index (χ0n) is 12.4. The molecule has 0 aliphatic carbocycles. The molecule has 0 fully saturated rings. The minimum absolute atomic E-state index is 0.0141. The number of nitrogens with zero attached hydrogens (tertiary/aromatic N) is 1. The van der Waals surface area contributed by atoms with Crippen LogP contribution in [0.4, 0.5) is 0 Å². The van der Waals surface area contributed by atoms with Crippen LogP contribution in [0.15, 0.2) is 48.5 Å². The lowest BCUT2D eigenvalue weighted by molar-refractivity contribution is -0.140. The number of rotatable bonds is 8. The summed E-state index contributed by atoms with van der Waals surface area (Å²) >= 11 is 0. The Morgan fingerprint density at radius 2 is 1.78 bits per heavy atom. The number of hydrogen-bond donors (Lipinski definition) is 2. The van der Waals surface area contributed by atoms with Crippen molar-refractivity contribution in [2.24, 2.45) is 0 Å². The van der Waals surface area contributed by atoms with E-state index in [9.17, 15) is 14.7 Å². The van der Waals surface area contributed by atoms with Crippen LogP contribution < -0.4 is 4.74 Å². The number of benzene rings is 1. The molecule has 23 heavy (non-hydrogen) atoms. The molecule has 0 saturated heterocycles. The monoisotopic (exact) mass is 315 g/mol. The summed E-state index contributed by atoms with van der Waals surface area (Å²) in [7, 11) is 0. The van der Waals surface area contributed by atoms with Gasteiger partial charge in [0, 0.05) is 12.5 Å². The van der Waals surface area contributed by atoms with Crippen LogP contribution >= 0.6 is 0 Å². The summed E-state index contributed by atoms with van der Waals surface area (Å²) in [6, 6.07) is 14.4. The van der Waals surface area contributed by atoms with Gasteiger partial charge in [-0.15, -0.1) is 0 Å². The topological polar surface area (TPSA) is 96.7 Å². The van der Waals surface area contributed by atoms with Crippen LogP contribution in [0.3, 0.4) is 0 Å². The summed E-state index contributed by atoms with van der Waals surface area (Å²) < 4.78 is 5.57. The summed E-state index contributed by atoms with van der Waals surface area (Å²) in [5.41, 5.74) is 1.27. The van der Waals surface area contributed by atoms with Crippen LogP contribution in [-0.2, 0) is 16.2 Å². The average molecular weight is 315 g/mol. The van der Waals surface area contributed by atoms with Gasteiger partial charge in [-0.3, -0.25) is 9.59 Å². The number of carbonyl (C=O) groups is 2. The molecule has 0 amide bonds. The fourth-order valence-corrected chi connectivity index (χ4v) is 2.10. The van der Waals surface area contributed by atoms with Crippen LogP contribution in [-0.4, -0.2) is 27.1 Å². The number of pyridine rings is 1. The van der Waals surface area contributed by atoms with Crippen molar-refractivity contribution >= 4 is 11.9 Å². The van der Waals surface area contributed by atoms with Crippen molar-refractivity contribution in [3.63, 3.8) is 0 Å². The number of aliphatic carboxylic acids is 2. The largest absolute Gasteiger partial charge is 0.481 e. The van der Waals surface area contributed by atoms with Gasteiger partial charge in [0.1, 0.15) is 6.61 Å². The fourth-order valence-electron chi connectivity index (χ4n) is 2.10. The highest BCUT2D eigenvalue weighted by Gasteiger charge is 2.22. The number of carboxylic acid groups (broad SMARTS) is 2. The number of hydrogen-bond acceptors (Lipinski definition) is 4. The Morgan fingerprint density at radius 1 is 1.04 bits per heavy atom. The minimum atomic E-state index is -1.10. The molecule has 0 saturated carbocycles. The highest BCUT2D eigenvalue weighted by molar-refractivity contribution is 5.76. The van der Waals surface area contributed by atoms with Crippen molar-refractivity contribution in [2.75, 3.05) is 0 Å². The molecular formula is C17H17NO5. The smallest absolute Gasteiger partial charge is 0.312 e. The molecule has 0 radical (unpaired) electrons. The van der Waals surface area contributed by atoms with Crippen LogP contribution in [0.1, 0.15) is 30.0 Å². The lowest BCUT2D eigenvalue weighted by atomic mass is 9.99. The normalized spacial score (nSPS) is 11.7. The van der Waals surface area contributed by atoms with Crippen molar-refractivity contribution in [2.45, 2.75) is 25.4 Å². The van der Waals surface area contributed by atoms with E-state index in [1.165, 1.54) is 0 Å². The summed E-state index contributed by atoms with van der Waals surface area (Å²) in [6.45, 7) is 0.324. The molecule has 2 N–H and O–H groups in total. The van der Waals surface area contributed by atoms with E-state index in [4.69, 9.17) is 9.84 Å². The number of carboxylic acids is 2. The van der Waals surface area contributed by atoms with Crippen molar-refractivity contribution in [3.8, 4) is 5.88 Å². The van der Waals surface area contributed by atoms with Gasteiger partial charge in [0.15, 0.2) is 0 Å². The third kappa shape index (κ3) is 5.10. The molecule has 120 valence electrons. The Bertz CT molecular complexity index is 672. The molecule has 0 spiro atoms. The highest BCUT2D eigenvalue weighted by atomic mass is 16.5. The quantitative estimate of drug-likeness (QED) is 0.777. The first kappa shape index (κ1) is 16.5. The molecule has 6 heteroatoms. The van der Waals surface area contributed by atoms with E-state index < -0.39 is 17.9 Å². The third-order valence-electron chi connectivity index (χ3n) is 3.28. The van der Waals surface area contributed by atoms with Crippen LogP contribution in [0.5, 0.6) is 5.88 Å². The van der Waals surface area contributed by atoms with Gasteiger partial charge in [-0.25, -0.2) is 4.98 Å². The maximum atomic E-state index is 11.3. The van der Waals surface area contributed by atoms with Crippen molar-refractivity contribution < 1.29 is 24.5 Å². The van der Waals surface area contributed by atoms with E-state index >= 15 is 0 Å². The first-order chi connectivity index (χ1) is 11.1. The second-order valence-corrected chi connectivity index (χ2v) is 5.00. The van der Waals surface area contributed by atoms with Gasteiger partial charge >= 0.3 is 11.9 Å². The van der Waals surface area contributed by atoms with E-state index in [0.717, 1.165) is 5.56 Å². The number of aromatic nitrogens is 1. The third-order valence-corrected chi connectivity index (χ3v) is 3.28. The Balaban J connectivity index is 2.07. The van der Waals surface area contributed by atoms with Crippen LogP contribution in [0, 0.1) is 0 Å². The van der Waals surface area contributed by atoms with Gasteiger partial charge < -0.3 is 14.9 Å². The second kappa shape index (κ2) is 7.93. The zero-order chi connectivity index (χ0) is 16.7. The molecular weight excluding hydrogens is 298 g/mol. The summed E-state index contributed by atoms with van der Waals surface area (Å²) in [5.74, 6) is -2.79. The Labute approximate surface area is 133 Å². The molecule has 6 nitrogen and oxygen atoms in total. The summed E-state index contributed by atoms with van der Waals surface area (Å²) in [6.07, 6.45) is -0.243. The molecule has 0 bridgehead atoms. The lowest BCUT2D eigenvalue weighted by Gasteiger charge is -2.12. The standard InChI is InChI=1S/C17H17NO5/c19-16(20)10-9-13(17(21)22)14-7-4-8-15(18-14)23-11-12-5-2-1-3-6-12/h1-8,13H,9-11H2,(H,19,20)(H,21,22). The van der Waals surface area contributed by atoms with E-state index in [1.54, 1.807) is 18.2 Å². The van der Waals surface area contributed by atoms with E-state index in [0.29, 0.717) is 18.2 Å². The molecule has 0 aliphatic rings. The van der Waals surface area contributed by atoms with E-state index in [2.05, 4.69) is 4.98 Å². The summed E-state index contributed by atoms with van der Waals surface area (Å²) in [4.78, 5) is 26.2. The second-order valence-electron chi connectivity index (χ2n) is 5.00. The van der Waals surface area contributed by atoms with Gasteiger partial charge in [0.05, 0.1) is 11.6 Å². The highest BCUT2D eigenvalue weighted by Crippen LogP contribution is 2.22. The molecule has 1 aromatic carbocycles. The lowest BCUT2D eigenvalue weighted by Crippen LogP contribution is -2.15. The first-order valence-corrected chi connectivity index (χ1v) is 7.14. The van der Waals surface area contributed by atoms with Crippen LogP contribution in [0.2, 0.25) is 0 Å². The van der Waals surface area contributed by atoms with Gasteiger partial charge in [-0.1, -0.05) is 36.4 Å². The summed E-state index contributed by atoms with van der Waals surface area (Å²) in [5, 5.41) is 18.0. The van der Waals surface area contributed by atoms with Crippen molar-refractivity contribution in [3.05, 3.63) is 59.8 Å². The number of ether oxygens (including phenoxy) is 1. The molecule has 1 unspecified atom stereocenters. The maximum Gasteiger partial charge on any atom is 0.312 e. The van der Waals surface area contributed by atoms with Crippen molar-refractivity contribution in [1.82, 2.24) is 4.98 Å². The molecule has 1 heterocycles. The molecule has 2 rings (SSSR count). The van der Waals surface area contributed by atoms with Gasteiger partial charge in [-0.05, 0) is 18.1 Å². The van der Waals surface area contributed by atoms with Gasteiger partial charge in [-0.2, -0.15) is 0 Å². The molecule has 0 aliphatic heterocycles. The van der Waals surface area contributed by atoms with Gasteiger partial charge in [0.2, 0.25) is 5.88 Å². The first-order valence-electron chi connectivity index (χ1n) is 7.14. The minimum Gasteiger partial charge on any atom is -0.481 e. The molecule has 1 aromatic heterocycles. The van der Waals surface area contributed by atoms with E-state index in [-0.39, 0.29) is 12.8 Å². The van der Waals surface area contributed by atoms with E-state index in [1.807, 2.05) is 30.3 Å². The SMILES string of the molecule is O=C(O)CCC(C(=O)O)c1cccc(OCc2ccccc2)n1. The maximum absolute atomic E-state index is 11.3. The van der Waals surface area contributed by atoms with Crippen molar-refractivity contribution in [1.29, 1.82) is 0 Å². The fraction of sp³-hybridized carbons (Fsp3) is 0.235. The van der Waals surface area contributed by atoms with Crippen LogP contribution in [0.25, 0.3) is 0 Å². The Hall–Kier alpha value is -2.89. The molecule has 1 atom stereocenters. The Morgan fingerprint density at radius 3 is 2.43 bits per heavy atom. The zero-order valence-corrected chi connectivity index (χ0v) is 12.4. The average Bonchev–Trinajstić information content (AvgIpc) is 2.54.